The largest absolute Gasteiger partial charge is 0.321 e. The Kier molecular flexibility index (Phi) is 5.23. The zero-order chi connectivity index (χ0) is 19.4. The van der Waals surface area contributed by atoms with Crippen LogP contribution in [-0.2, 0) is 10.0 Å². The lowest BCUT2D eigenvalue weighted by atomic mass is 10.1. The molecule has 7 heteroatoms. The number of sulfonamides is 1. The molecule has 6 nitrogen and oxygen atoms in total. The molecule has 3 aromatic rings. The molecule has 0 aliphatic carbocycles. The molecule has 0 bridgehead atoms. The first-order valence-electron chi connectivity index (χ1n) is 8.27. The first-order valence-corrected chi connectivity index (χ1v) is 9.75. The number of amides is 1. The van der Waals surface area contributed by atoms with E-state index >= 15 is 0 Å². The second-order valence-electron chi connectivity index (χ2n) is 6.14. The van der Waals surface area contributed by atoms with Crippen molar-refractivity contribution in [2.75, 3.05) is 10.0 Å². The molecule has 1 heterocycles. The molecule has 2 N–H and O–H groups in total. The summed E-state index contributed by atoms with van der Waals surface area (Å²) in [5.74, 6) is -0.348. The fourth-order valence-corrected chi connectivity index (χ4v) is 3.56. The number of nitrogens with zero attached hydrogens (tertiary/aromatic N) is 1. The number of hydrogen-bond acceptors (Lipinski definition) is 4. The van der Waals surface area contributed by atoms with Crippen LogP contribution < -0.4 is 10.0 Å². The molecule has 0 aliphatic heterocycles. The maximum Gasteiger partial charge on any atom is 0.261 e. The van der Waals surface area contributed by atoms with Crippen molar-refractivity contribution in [1.82, 2.24) is 4.98 Å². The Morgan fingerprint density at radius 1 is 1.00 bits per heavy atom. The predicted molar refractivity (Wildman–Crippen MR) is 105 cm³/mol. The second-order valence-corrected chi connectivity index (χ2v) is 7.83. The highest BCUT2D eigenvalue weighted by atomic mass is 32.2. The minimum absolute atomic E-state index is 0.165. The average molecular weight is 381 g/mol. The molecule has 0 saturated carbocycles. The van der Waals surface area contributed by atoms with Gasteiger partial charge in [0, 0.05) is 11.8 Å². The van der Waals surface area contributed by atoms with Crippen molar-refractivity contribution in [3.05, 3.63) is 83.7 Å². The lowest BCUT2D eigenvalue weighted by Crippen LogP contribution is -2.16. The van der Waals surface area contributed by atoms with Gasteiger partial charge in [-0.1, -0.05) is 23.8 Å². The summed E-state index contributed by atoms with van der Waals surface area (Å²) in [5, 5.41) is 2.73. The van der Waals surface area contributed by atoms with Gasteiger partial charge in [-0.2, -0.15) is 0 Å². The molecule has 0 atom stereocenters. The van der Waals surface area contributed by atoms with Crippen LogP contribution in [0.25, 0.3) is 0 Å². The molecule has 0 aliphatic rings. The van der Waals surface area contributed by atoms with E-state index in [2.05, 4.69) is 15.0 Å². The van der Waals surface area contributed by atoms with Crippen molar-refractivity contribution in [1.29, 1.82) is 0 Å². The summed E-state index contributed by atoms with van der Waals surface area (Å²) >= 11 is 0. The molecule has 1 amide bonds. The smallest absolute Gasteiger partial charge is 0.261 e. The summed E-state index contributed by atoms with van der Waals surface area (Å²) in [5.41, 5.74) is 2.94. The van der Waals surface area contributed by atoms with Crippen LogP contribution in [0.3, 0.4) is 0 Å². The number of pyridine rings is 1. The Labute approximate surface area is 158 Å². The Bertz CT molecular complexity index is 1060. The Hall–Kier alpha value is -3.19. The van der Waals surface area contributed by atoms with Gasteiger partial charge in [0.05, 0.1) is 22.5 Å². The highest BCUT2D eigenvalue weighted by Gasteiger charge is 2.16. The van der Waals surface area contributed by atoms with E-state index in [0.717, 1.165) is 5.56 Å². The third kappa shape index (κ3) is 4.51. The van der Waals surface area contributed by atoms with E-state index in [4.69, 9.17) is 0 Å². The van der Waals surface area contributed by atoms with E-state index in [1.807, 2.05) is 6.92 Å². The van der Waals surface area contributed by atoms with Gasteiger partial charge in [0.25, 0.3) is 15.9 Å². The van der Waals surface area contributed by atoms with Crippen LogP contribution in [0.2, 0.25) is 0 Å². The summed E-state index contributed by atoms with van der Waals surface area (Å²) in [7, 11) is -3.75. The number of benzene rings is 2. The van der Waals surface area contributed by atoms with E-state index in [-0.39, 0.29) is 10.8 Å². The summed E-state index contributed by atoms with van der Waals surface area (Å²) in [6, 6.07) is 14.9. The van der Waals surface area contributed by atoms with Crippen molar-refractivity contribution in [2.45, 2.75) is 18.7 Å². The molecule has 2 aromatic carbocycles. The van der Waals surface area contributed by atoms with Crippen LogP contribution in [0.4, 0.5) is 11.4 Å². The van der Waals surface area contributed by atoms with E-state index < -0.39 is 10.0 Å². The molecule has 0 saturated heterocycles. The molecule has 0 unspecified atom stereocenters. The molecule has 138 valence electrons. The minimum Gasteiger partial charge on any atom is -0.321 e. The molecule has 0 spiro atoms. The van der Waals surface area contributed by atoms with E-state index in [9.17, 15) is 13.2 Å². The van der Waals surface area contributed by atoms with Crippen LogP contribution >= 0.6 is 0 Å². The van der Waals surface area contributed by atoms with Gasteiger partial charge in [-0.3, -0.25) is 14.5 Å². The van der Waals surface area contributed by atoms with Gasteiger partial charge in [-0.05, 0) is 55.8 Å². The standard InChI is InChI=1S/C20H19N3O3S/c1-14-5-9-18(10-6-14)27(25,26)23-19-12-16(8-7-15(19)2)20(24)22-17-4-3-11-21-13-17/h3-13,23H,1-2H3,(H,22,24). The Balaban J connectivity index is 1.85. The van der Waals surface area contributed by atoms with Crippen molar-refractivity contribution in [2.24, 2.45) is 0 Å². The Morgan fingerprint density at radius 2 is 1.74 bits per heavy atom. The van der Waals surface area contributed by atoms with Gasteiger partial charge in [0.2, 0.25) is 0 Å². The number of nitrogens with one attached hydrogen (secondary N) is 2. The quantitative estimate of drug-likeness (QED) is 0.704. The second kappa shape index (κ2) is 7.59. The van der Waals surface area contributed by atoms with Crippen LogP contribution in [0.5, 0.6) is 0 Å². The van der Waals surface area contributed by atoms with Gasteiger partial charge in [0.15, 0.2) is 0 Å². The molecule has 27 heavy (non-hydrogen) atoms. The van der Waals surface area contributed by atoms with Gasteiger partial charge in [-0.25, -0.2) is 8.42 Å². The lowest BCUT2D eigenvalue weighted by molar-refractivity contribution is 0.102. The summed E-state index contributed by atoms with van der Waals surface area (Å²) in [6.45, 7) is 3.66. The van der Waals surface area contributed by atoms with Gasteiger partial charge < -0.3 is 5.32 Å². The first-order chi connectivity index (χ1) is 12.8. The van der Waals surface area contributed by atoms with E-state index in [0.29, 0.717) is 22.5 Å². The fraction of sp³-hybridized carbons (Fsp3) is 0.100. The number of aromatic nitrogens is 1. The topological polar surface area (TPSA) is 88.2 Å². The molecule has 1 aromatic heterocycles. The normalized spacial score (nSPS) is 11.0. The average Bonchev–Trinajstić information content (AvgIpc) is 2.64. The van der Waals surface area contributed by atoms with Crippen molar-refractivity contribution >= 4 is 27.3 Å². The summed E-state index contributed by atoms with van der Waals surface area (Å²) in [4.78, 5) is 16.5. The number of hydrogen-bond donors (Lipinski definition) is 2. The lowest BCUT2D eigenvalue weighted by Gasteiger charge is -2.13. The summed E-state index contributed by atoms with van der Waals surface area (Å²) < 4.78 is 27.8. The van der Waals surface area contributed by atoms with Gasteiger partial charge >= 0.3 is 0 Å². The van der Waals surface area contributed by atoms with Gasteiger partial charge in [0.1, 0.15) is 0 Å². The third-order valence-corrected chi connectivity index (χ3v) is 5.38. The minimum atomic E-state index is -3.75. The fourth-order valence-electron chi connectivity index (χ4n) is 2.43. The zero-order valence-electron chi connectivity index (χ0n) is 14.9. The van der Waals surface area contributed by atoms with Crippen LogP contribution in [0.1, 0.15) is 21.5 Å². The summed E-state index contributed by atoms with van der Waals surface area (Å²) in [6.07, 6.45) is 3.15. The SMILES string of the molecule is Cc1ccc(S(=O)(=O)Nc2cc(C(=O)Nc3cccnc3)ccc2C)cc1. The van der Waals surface area contributed by atoms with Crippen LogP contribution in [0, 0.1) is 13.8 Å². The highest BCUT2D eigenvalue weighted by Crippen LogP contribution is 2.22. The number of rotatable bonds is 5. The van der Waals surface area contributed by atoms with E-state index in [1.165, 1.54) is 12.3 Å². The zero-order valence-corrected chi connectivity index (χ0v) is 15.7. The van der Waals surface area contributed by atoms with Crippen LogP contribution in [0.15, 0.2) is 71.9 Å². The monoisotopic (exact) mass is 381 g/mol. The first kappa shape index (κ1) is 18.6. The molecular formula is C20H19N3O3S. The van der Waals surface area contributed by atoms with Crippen molar-refractivity contribution in [3.8, 4) is 0 Å². The van der Waals surface area contributed by atoms with Crippen molar-refractivity contribution in [3.63, 3.8) is 0 Å². The third-order valence-electron chi connectivity index (χ3n) is 3.99. The number of aryl methyl sites for hydroxylation is 2. The number of carbonyl (C=O) groups is 1. The predicted octanol–water partition coefficient (Wildman–Crippen LogP) is 3.75. The van der Waals surface area contributed by atoms with Crippen LogP contribution in [-0.4, -0.2) is 19.3 Å². The number of carbonyl (C=O) groups excluding carboxylic acids is 1. The number of anilines is 2. The van der Waals surface area contributed by atoms with Gasteiger partial charge in [-0.15, -0.1) is 0 Å². The molecule has 0 radical (unpaired) electrons. The molecule has 3 rings (SSSR count). The molecule has 0 fully saturated rings. The maximum absolute atomic E-state index is 12.6. The molecular weight excluding hydrogens is 362 g/mol. The maximum atomic E-state index is 12.6. The Morgan fingerprint density at radius 3 is 2.41 bits per heavy atom. The van der Waals surface area contributed by atoms with Crippen molar-refractivity contribution < 1.29 is 13.2 Å². The highest BCUT2D eigenvalue weighted by molar-refractivity contribution is 7.92. The van der Waals surface area contributed by atoms with E-state index in [1.54, 1.807) is 61.7 Å².